The molecule has 4 nitrogen and oxygen atoms in total. The van der Waals surface area contributed by atoms with Gasteiger partial charge in [-0.2, -0.15) is 0 Å². The zero-order chi connectivity index (χ0) is 18.7. The van der Waals surface area contributed by atoms with Crippen molar-refractivity contribution < 1.29 is 27.1 Å². The third-order valence-corrected chi connectivity index (χ3v) is 4.13. The Bertz CT molecular complexity index is 769. The second kappa shape index (κ2) is 7.63. The van der Waals surface area contributed by atoms with Crippen LogP contribution in [0.1, 0.15) is 18.4 Å². The molecule has 2 N–H and O–H groups in total. The van der Waals surface area contributed by atoms with Gasteiger partial charge in [-0.3, -0.25) is 0 Å². The minimum atomic E-state index is -1.47. The summed E-state index contributed by atoms with van der Waals surface area (Å²) in [7, 11) is 0. The van der Waals surface area contributed by atoms with Crippen molar-refractivity contribution >= 4 is 11.8 Å². The maximum Gasteiger partial charge on any atom is 0.407 e. The maximum atomic E-state index is 13.6. The molecule has 0 bridgehead atoms. The van der Waals surface area contributed by atoms with Gasteiger partial charge in [0.2, 0.25) is 0 Å². The standard InChI is InChI=1S/C18H16F4N2O2/c19-13-8-14(20)16(22)17(15(13)21)23-11-6-12(7-11)24-18(25)26-9-10-4-2-1-3-5-10/h1-5,8,11-12,23H,6-7,9H2,(H,24,25). The van der Waals surface area contributed by atoms with Crippen molar-refractivity contribution in [3.63, 3.8) is 0 Å². The molecule has 0 heterocycles. The first-order valence-electron chi connectivity index (χ1n) is 8.00. The molecule has 2 aromatic rings. The van der Waals surface area contributed by atoms with Gasteiger partial charge in [0.15, 0.2) is 23.3 Å². The van der Waals surface area contributed by atoms with E-state index in [0.29, 0.717) is 12.8 Å². The van der Waals surface area contributed by atoms with Crippen molar-refractivity contribution in [2.45, 2.75) is 31.5 Å². The van der Waals surface area contributed by atoms with Crippen molar-refractivity contribution in [1.82, 2.24) is 5.32 Å². The predicted molar refractivity (Wildman–Crippen MR) is 86.5 cm³/mol. The molecule has 0 radical (unpaired) electrons. The molecule has 26 heavy (non-hydrogen) atoms. The van der Waals surface area contributed by atoms with Crippen LogP contribution in [0.5, 0.6) is 0 Å². The van der Waals surface area contributed by atoms with E-state index in [4.69, 9.17) is 4.74 Å². The summed E-state index contributed by atoms with van der Waals surface area (Å²) in [5.74, 6) is -5.88. The third kappa shape index (κ3) is 4.07. The van der Waals surface area contributed by atoms with Gasteiger partial charge in [-0.15, -0.1) is 0 Å². The highest BCUT2D eigenvalue weighted by molar-refractivity contribution is 5.67. The predicted octanol–water partition coefficient (Wildman–Crippen LogP) is 4.11. The summed E-state index contributed by atoms with van der Waals surface area (Å²) < 4.78 is 58.6. The smallest absolute Gasteiger partial charge is 0.407 e. The molecule has 138 valence electrons. The fourth-order valence-electron chi connectivity index (χ4n) is 2.69. The number of alkyl carbamates (subject to hydrolysis) is 1. The second-order valence-corrected chi connectivity index (χ2v) is 6.06. The average molecular weight is 368 g/mol. The lowest BCUT2D eigenvalue weighted by molar-refractivity contribution is 0.129. The van der Waals surface area contributed by atoms with E-state index in [2.05, 4.69) is 10.6 Å². The van der Waals surface area contributed by atoms with Gasteiger partial charge in [-0.1, -0.05) is 30.3 Å². The fourth-order valence-corrected chi connectivity index (χ4v) is 2.69. The van der Waals surface area contributed by atoms with E-state index >= 15 is 0 Å². The second-order valence-electron chi connectivity index (χ2n) is 6.06. The number of hydrogen-bond donors (Lipinski definition) is 2. The van der Waals surface area contributed by atoms with Crippen LogP contribution in [0, 0.1) is 23.3 Å². The molecule has 2 aromatic carbocycles. The first-order valence-corrected chi connectivity index (χ1v) is 8.00. The molecular weight excluding hydrogens is 352 g/mol. The lowest BCUT2D eigenvalue weighted by Gasteiger charge is -2.36. The minimum Gasteiger partial charge on any atom is -0.445 e. The molecule has 0 saturated heterocycles. The number of nitrogens with one attached hydrogen (secondary N) is 2. The highest BCUT2D eigenvalue weighted by Crippen LogP contribution is 2.29. The van der Waals surface area contributed by atoms with E-state index < -0.39 is 41.1 Å². The molecule has 8 heteroatoms. The molecule has 0 aromatic heterocycles. The summed E-state index contributed by atoms with van der Waals surface area (Å²) in [5, 5.41) is 5.05. The minimum absolute atomic E-state index is 0.125. The van der Waals surface area contributed by atoms with E-state index in [-0.39, 0.29) is 18.7 Å². The Labute approximate surface area is 147 Å². The van der Waals surface area contributed by atoms with Gasteiger partial charge < -0.3 is 15.4 Å². The molecule has 3 rings (SSSR count). The fraction of sp³-hybridized carbons (Fsp3) is 0.278. The molecule has 1 aliphatic rings. The topological polar surface area (TPSA) is 50.4 Å². The molecule has 0 atom stereocenters. The Balaban J connectivity index is 1.46. The molecule has 0 unspecified atom stereocenters. The Morgan fingerprint density at radius 1 is 1.00 bits per heavy atom. The Morgan fingerprint density at radius 2 is 1.62 bits per heavy atom. The van der Waals surface area contributed by atoms with Crippen molar-refractivity contribution in [1.29, 1.82) is 0 Å². The summed E-state index contributed by atoms with van der Waals surface area (Å²) in [6, 6.07) is 8.62. The maximum absolute atomic E-state index is 13.6. The first-order chi connectivity index (χ1) is 12.4. The lowest BCUT2D eigenvalue weighted by Crippen LogP contribution is -2.50. The number of hydrogen-bond acceptors (Lipinski definition) is 3. The zero-order valence-electron chi connectivity index (χ0n) is 13.6. The van der Waals surface area contributed by atoms with Crippen molar-refractivity contribution in [2.24, 2.45) is 0 Å². The lowest BCUT2D eigenvalue weighted by atomic mass is 9.86. The van der Waals surface area contributed by atoms with Gasteiger partial charge in [-0.05, 0) is 18.4 Å². The number of benzene rings is 2. The largest absolute Gasteiger partial charge is 0.445 e. The first kappa shape index (κ1) is 18.0. The summed E-state index contributed by atoms with van der Waals surface area (Å²) in [6.45, 7) is 0.125. The average Bonchev–Trinajstić information content (AvgIpc) is 2.60. The molecular formula is C18H16F4N2O2. The van der Waals surface area contributed by atoms with E-state index in [9.17, 15) is 22.4 Å². The highest BCUT2D eigenvalue weighted by Gasteiger charge is 2.32. The normalized spacial score (nSPS) is 18.8. The Kier molecular flexibility index (Phi) is 5.29. The molecule has 0 spiro atoms. The van der Waals surface area contributed by atoms with E-state index in [0.717, 1.165) is 5.56 Å². The highest BCUT2D eigenvalue weighted by atomic mass is 19.2. The van der Waals surface area contributed by atoms with Crippen LogP contribution in [-0.2, 0) is 11.3 Å². The van der Waals surface area contributed by atoms with Crippen molar-refractivity contribution in [3.8, 4) is 0 Å². The molecule has 1 fully saturated rings. The van der Waals surface area contributed by atoms with Crippen molar-refractivity contribution in [2.75, 3.05) is 5.32 Å². The van der Waals surface area contributed by atoms with Gasteiger partial charge in [0.1, 0.15) is 12.3 Å². The van der Waals surface area contributed by atoms with Crippen LogP contribution in [0.2, 0.25) is 0 Å². The number of anilines is 1. The number of ether oxygens (including phenoxy) is 1. The number of rotatable bonds is 5. The van der Waals surface area contributed by atoms with Gasteiger partial charge in [0.05, 0.1) is 0 Å². The van der Waals surface area contributed by atoms with Crippen LogP contribution in [0.15, 0.2) is 36.4 Å². The van der Waals surface area contributed by atoms with E-state index in [1.165, 1.54) is 0 Å². The SMILES string of the molecule is O=C(NC1CC(Nc2c(F)c(F)cc(F)c2F)C1)OCc1ccccc1. The molecule has 1 amide bonds. The van der Waals surface area contributed by atoms with E-state index in [1.807, 2.05) is 30.3 Å². The summed E-state index contributed by atoms with van der Waals surface area (Å²) in [6.07, 6.45) is 0.0843. The third-order valence-electron chi connectivity index (χ3n) is 4.13. The molecule has 1 aliphatic carbocycles. The van der Waals surface area contributed by atoms with Crippen LogP contribution in [-0.4, -0.2) is 18.2 Å². The number of carbonyl (C=O) groups is 1. The van der Waals surface area contributed by atoms with E-state index in [1.54, 1.807) is 0 Å². The van der Waals surface area contributed by atoms with Crippen LogP contribution < -0.4 is 10.6 Å². The molecule has 0 aliphatic heterocycles. The van der Waals surface area contributed by atoms with Crippen LogP contribution >= 0.6 is 0 Å². The van der Waals surface area contributed by atoms with Crippen molar-refractivity contribution in [3.05, 3.63) is 65.2 Å². The van der Waals surface area contributed by atoms with Gasteiger partial charge in [0, 0.05) is 18.2 Å². The summed E-state index contributed by atoms with van der Waals surface area (Å²) in [4.78, 5) is 11.7. The summed E-state index contributed by atoms with van der Waals surface area (Å²) >= 11 is 0. The van der Waals surface area contributed by atoms with Gasteiger partial charge in [-0.25, -0.2) is 22.4 Å². The number of halogens is 4. The van der Waals surface area contributed by atoms with Crippen LogP contribution in [0.25, 0.3) is 0 Å². The van der Waals surface area contributed by atoms with Crippen LogP contribution in [0.3, 0.4) is 0 Å². The summed E-state index contributed by atoms with van der Waals surface area (Å²) in [5.41, 5.74) is 0.00693. The zero-order valence-corrected chi connectivity index (χ0v) is 13.6. The van der Waals surface area contributed by atoms with Gasteiger partial charge >= 0.3 is 6.09 Å². The van der Waals surface area contributed by atoms with Gasteiger partial charge in [0.25, 0.3) is 0 Å². The number of carbonyl (C=O) groups excluding carboxylic acids is 1. The number of amides is 1. The monoisotopic (exact) mass is 368 g/mol. The Morgan fingerprint density at radius 3 is 2.23 bits per heavy atom. The Hall–Kier alpha value is -2.77. The quantitative estimate of drug-likeness (QED) is 0.617. The molecule has 1 saturated carbocycles. The van der Waals surface area contributed by atoms with Crippen LogP contribution in [0.4, 0.5) is 28.0 Å².